The Morgan fingerprint density at radius 2 is 2.00 bits per heavy atom. The van der Waals surface area contributed by atoms with E-state index in [9.17, 15) is 13.6 Å². The lowest BCUT2D eigenvalue weighted by Gasteiger charge is -2.37. The molecule has 1 aromatic heterocycles. The van der Waals surface area contributed by atoms with Crippen molar-refractivity contribution in [3.8, 4) is 5.69 Å². The summed E-state index contributed by atoms with van der Waals surface area (Å²) >= 11 is 0. The second-order valence-corrected chi connectivity index (χ2v) is 9.86. The molecule has 0 unspecified atom stereocenters. The van der Waals surface area contributed by atoms with Crippen LogP contribution in [-0.4, -0.2) is 59.0 Å². The molecule has 1 aliphatic heterocycles. The van der Waals surface area contributed by atoms with E-state index in [0.29, 0.717) is 17.5 Å². The Balaban J connectivity index is 1.31. The highest BCUT2D eigenvalue weighted by Crippen LogP contribution is 2.57. The molecule has 3 fully saturated rings. The number of amides is 1. The first-order valence-corrected chi connectivity index (χ1v) is 11.7. The smallest absolute Gasteiger partial charge is 0.272 e. The van der Waals surface area contributed by atoms with Gasteiger partial charge in [0.25, 0.3) is 5.91 Å². The molecular weight excluding hydrogens is 414 g/mol. The first-order chi connectivity index (χ1) is 15.5. The molecule has 6 rings (SSSR count). The number of aromatic nitrogens is 2. The van der Waals surface area contributed by atoms with Crippen molar-refractivity contribution in [2.45, 2.75) is 50.0 Å². The Hall–Kier alpha value is -2.32. The van der Waals surface area contributed by atoms with Gasteiger partial charge in [-0.15, -0.1) is 0 Å². The molecule has 2 heterocycles. The zero-order valence-corrected chi connectivity index (χ0v) is 18.1. The zero-order valence-electron chi connectivity index (χ0n) is 18.1. The van der Waals surface area contributed by atoms with Gasteiger partial charge in [0.1, 0.15) is 11.5 Å². The van der Waals surface area contributed by atoms with Crippen molar-refractivity contribution in [1.82, 2.24) is 20.0 Å². The van der Waals surface area contributed by atoms with Crippen molar-refractivity contribution in [3.63, 3.8) is 0 Å². The molecule has 2 atom stereocenters. The SMILES string of the molecule is O=C(NC1(CN2CCOCC2)CCCC1)c1nn(-c2ccc(F)cc2F)c2c1C[C@H]1C[C@@H]21. The average molecular weight is 443 g/mol. The number of nitrogens with zero attached hydrogens (tertiary/aromatic N) is 3. The Morgan fingerprint density at radius 3 is 2.75 bits per heavy atom. The van der Waals surface area contributed by atoms with Crippen LogP contribution in [0.2, 0.25) is 0 Å². The zero-order chi connectivity index (χ0) is 21.9. The molecule has 1 N–H and O–H groups in total. The van der Waals surface area contributed by atoms with Crippen molar-refractivity contribution >= 4 is 5.91 Å². The number of benzene rings is 1. The summed E-state index contributed by atoms with van der Waals surface area (Å²) in [6.07, 6.45) is 5.96. The van der Waals surface area contributed by atoms with Crippen LogP contribution in [0.5, 0.6) is 0 Å². The lowest BCUT2D eigenvalue weighted by atomic mass is 9.95. The predicted molar refractivity (Wildman–Crippen MR) is 114 cm³/mol. The van der Waals surface area contributed by atoms with Crippen molar-refractivity contribution in [2.24, 2.45) is 5.92 Å². The van der Waals surface area contributed by atoms with Gasteiger partial charge in [-0.25, -0.2) is 13.5 Å². The molecule has 2 aromatic rings. The molecule has 0 spiro atoms. The third-order valence-electron chi connectivity index (χ3n) is 7.69. The number of rotatable bonds is 5. The van der Waals surface area contributed by atoms with Crippen LogP contribution >= 0.6 is 0 Å². The molecule has 1 aromatic carbocycles. The summed E-state index contributed by atoms with van der Waals surface area (Å²) in [4.78, 5) is 15.9. The van der Waals surface area contributed by atoms with E-state index in [0.717, 1.165) is 88.7 Å². The minimum atomic E-state index is -0.661. The van der Waals surface area contributed by atoms with Crippen LogP contribution in [0, 0.1) is 17.6 Å². The molecule has 6 nitrogen and oxygen atoms in total. The van der Waals surface area contributed by atoms with E-state index in [1.54, 1.807) is 4.68 Å². The average Bonchev–Trinajstić information content (AvgIpc) is 3.10. The number of fused-ring (bicyclic) bond motifs is 3. The Bertz CT molecular complexity index is 1060. The summed E-state index contributed by atoms with van der Waals surface area (Å²) in [7, 11) is 0. The van der Waals surface area contributed by atoms with Gasteiger partial charge in [-0.3, -0.25) is 9.69 Å². The number of halogens is 2. The predicted octanol–water partition coefficient (Wildman–Crippen LogP) is 3.18. The fourth-order valence-corrected chi connectivity index (χ4v) is 6.00. The molecule has 1 amide bonds. The lowest BCUT2D eigenvalue weighted by molar-refractivity contribution is 0.0237. The Labute approximate surface area is 185 Å². The van der Waals surface area contributed by atoms with E-state index in [2.05, 4.69) is 15.3 Å². The minimum Gasteiger partial charge on any atom is -0.379 e. The minimum absolute atomic E-state index is 0.168. The van der Waals surface area contributed by atoms with Gasteiger partial charge in [-0.1, -0.05) is 12.8 Å². The summed E-state index contributed by atoms with van der Waals surface area (Å²) in [6.45, 7) is 4.05. The van der Waals surface area contributed by atoms with E-state index in [-0.39, 0.29) is 17.1 Å². The first kappa shape index (κ1) is 20.3. The van der Waals surface area contributed by atoms with Crippen LogP contribution in [0.25, 0.3) is 5.69 Å². The highest BCUT2D eigenvalue weighted by Gasteiger charge is 2.51. The second kappa shape index (κ2) is 7.63. The molecule has 3 aliphatic carbocycles. The van der Waals surface area contributed by atoms with Crippen molar-refractivity contribution in [2.75, 3.05) is 32.8 Å². The van der Waals surface area contributed by atoms with E-state index < -0.39 is 11.6 Å². The molecule has 8 heteroatoms. The monoisotopic (exact) mass is 442 g/mol. The summed E-state index contributed by atoms with van der Waals surface area (Å²) in [5.41, 5.74) is 2.22. The molecule has 32 heavy (non-hydrogen) atoms. The van der Waals surface area contributed by atoms with Gasteiger partial charge < -0.3 is 10.1 Å². The number of carbonyl (C=O) groups is 1. The van der Waals surface area contributed by atoms with Crippen LogP contribution in [0.4, 0.5) is 8.78 Å². The van der Waals surface area contributed by atoms with Crippen LogP contribution in [0.15, 0.2) is 18.2 Å². The van der Waals surface area contributed by atoms with Gasteiger partial charge in [-0.2, -0.15) is 5.10 Å². The molecule has 2 saturated carbocycles. The number of morpholine rings is 1. The van der Waals surface area contributed by atoms with E-state index >= 15 is 0 Å². The van der Waals surface area contributed by atoms with Crippen LogP contribution in [-0.2, 0) is 11.2 Å². The number of hydrogen-bond donors (Lipinski definition) is 1. The quantitative estimate of drug-likeness (QED) is 0.773. The van der Waals surface area contributed by atoms with E-state index in [1.807, 2.05) is 0 Å². The van der Waals surface area contributed by atoms with Crippen LogP contribution < -0.4 is 5.32 Å². The number of hydrogen-bond acceptors (Lipinski definition) is 4. The second-order valence-electron chi connectivity index (χ2n) is 9.86. The molecule has 1 saturated heterocycles. The highest BCUT2D eigenvalue weighted by atomic mass is 19.1. The van der Waals surface area contributed by atoms with E-state index in [1.165, 1.54) is 12.1 Å². The number of carbonyl (C=O) groups excluding carboxylic acids is 1. The topological polar surface area (TPSA) is 59.4 Å². The summed E-state index contributed by atoms with van der Waals surface area (Å²) in [5.74, 6) is -0.621. The Kier molecular flexibility index (Phi) is 4.84. The Morgan fingerprint density at radius 1 is 1.22 bits per heavy atom. The maximum Gasteiger partial charge on any atom is 0.272 e. The fraction of sp³-hybridized carbons (Fsp3) is 0.583. The number of ether oxygens (including phenoxy) is 1. The third-order valence-corrected chi connectivity index (χ3v) is 7.69. The van der Waals surface area contributed by atoms with Crippen LogP contribution in [0.3, 0.4) is 0 Å². The van der Waals surface area contributed by atoms with Crippen molar-refractivity contribution in [1.29, 1.82) is 0 Å². The third kappa shape index (κ3) is 3.44. The van der Waals surface area contributed by atoms with Gasteiger partial charge in [0.15, 0.2) is 11.5 Å². The number of nitrogens with one attached hydrogen (secondary N) is 1. The maximum atomic E-state index is 14.6. The lowest BCUT2D eigenvalue weighted by Crippen LogP contribution is -2.55. The summed E-state index contributed by atoms with van der Waals surface area (Å²) in [5, 5.41) is 7.95. The standard InChI is InChI=1S/C24H28F2N4O2/c25-16-3-4-20(19(26)13-16)30-22-17-11-15(17)12-18(22)21(28-30)23(31)27-24(5-1-2-6-24)14-29-7-9-32-10-8-29/h3-4,13,15,17H,1-2,5-12,14H2,(H,27,31)/t15-,17-/m1/s1. The van der Waals surface area contributed by atoms with Crippen molar-refractivity contribution < 1.29 is 18.3 Å². The van der Waals surface area contributed by atoms with Gasteiger partial charge >= 0.3 is 0 Å². The van der Waals surface area contributed by atoms with E-state index in [4.69, 9.17) is 4.74 Å². The molecule has 0 bridgehead atoms. The first-order valence-electron chi connectivity index (χ1n) is 11.7. The van der Waals surface area contributed by atoms with Gasteiger partial charge in [0.2, 0.25) is 0 Å². The van der Waals surface area contributed by atoms with Gasteiger partial charge in [0, 0.05) is 37.2 Å². The molecular formula is C24H28F2N4O2. The molecule has 0 radical (unpaired) electrons. The largest absolute Gasteiger partial charge is 0.379 e. The van der Waals surface area contributed by atoms with Crippen molar-refractivity contribution in [3.05, 3.63) is 46.8 Å². The summed E-state index contributed by atoms with van der Waals surface area (Å²) < 4.78 is 35.1. The van der Waals surface area contributed by atoms with Crippen LogP contribution in [0.1, 0.15) is 59.8 Å². The van der Waals surface area contributed by atoms with Gasteiger partial charge in [0.05, 0.1) is 24.4 Å². The van der Waals surface area contributed by atoms with Gasteiger partial charge in [-0.05, 0) is 43.7 Å². The highest BCUT2D eigenvalue weighted by molar-refractivity contribution is 5.95. The molecule has 4 aliphatic rings. The fourth-order valence-electron chi connectivity index (χ4n) is 6.00. The molecule has 170 valence electrons. The summed E-state index contributed by atoms with van der Waals surface area (Å²) in [6, 6.07) is 3.52. The normalized spacial score (nSPS) is 26.1. The maximum absolute atomic E-state index is 14.6.